The number of fused-ring (bicyclic) bond motifs is 2. The molecule has 2 nitrogen and oxygen atoms in total. The fraction of sp³-hybridized carbons (Fsp3) is 0.909. The Hall–Kier alpha value is -0.370. The van der Waals surface area contributed by atoms with Crippen LogP contribution in [0.2, 0.25) is 0 Å². The molecule has 0 aromatic heterocycles. The van der Waals surface area contributed by atoms with E-state index >= 15 is 0 Å². The smallest absolute Gasteiger partial charge is 0.139 e. The van der Waals surface area contributed by atoms with Crippen LogP contribution in [-0.4, -0.2) is 17.5 Å². The molecule has 1 N–H and O–H groups in total. The highest BCUT2D eigenvalue weighted by Crippen LogP contribution is 2.65. The molecule has 2 fully saturated rings. The second-order valence-corrected chi connectivity index (χ2v) is 5.14. The van der Waals surface area contributed by atoms with Gasteiger partial charge in [-0.2, -0.15) is 0 Å². The van der Waals surface area contributed by atoms with Gasteiger partial charge in [-0.25, -0.2) is 0 Å². The molecule has 2 aliphatic rings. The molecule has 0 spiro atoms. The first-order valence-corrected chi connectivity index (χ1v) is 5.19. The summed E-state index contributed by atoms with van der Waals surface area (Å²) in [6.07, 6.45) is 3.62. The molecule has 2 rings (SSSR count). The molecule has 74 valence electrons. The van der Waals surface area contributed by atoms with Gasteiger partial charge in [0.25, 0.3) is 0 Å². The predicted molar refractivity (Wildman–Crippen MR) is 50.3 cm³/mol. The lowest BCUT2D eigenvalue weighted by Crippen LogP contribution is -2.36. The van der Waals surface area contributed by atoms with E-state index in [2.05, 4.69) is 13.8 Å². The van der Waals surface area contributed by atoms with Gasteiger partial charge in [0.05, 0.1) is 0 Å². The Morgan fingerprint density at radius 2 is 2.23 bits per heavy atom. The van der Waals surface area contributed by atoms with Gasteiger partial charge in [-0.05, 0) is 30.6 Å². The molecule has 2 bridgehead atoms. The van der Waals surface area contributed by atoms with Gasteiger partial charge in [0, 0.05) is 18.4 Å². The second-order valence-electron chi connectivity index (χ2n) is 5.14. The number of hydrogen-bond donors (Lipinski definition) is 1. The molecule has 0 saturated heterocycles. The van der Waals surface area contributed by atoms with Crippen LogP contribution in [0.4, 0.5) is 0 Å². The van der Waals surface area contributed by atoms with Crippen molar-refractivity contribution in [3.05, 3.63) is 0 Å². The van der Waals surface area contributed by atoms with E-state index in [1.807, 2.05) is 0 Å². The Morgan fingerprint density at radius 1 is 1.54 bits per heavy atom. The zero-order valence-corrected chi connectivity index (χ0v) is 8.47. The van der Waals surface area contributed by atoms with Gasteiger partial charge in [0.1, 0.15) is 5.78 Å². The zero-order chi connectivity index (χ0) is 9.69. The van der Waals surface area contributed by atoms with Crippen molar-refractivity contribution in [2.24, 2.45) is 16.7 Å². The molecule has 0 aromatic rings. The average Bonchev–Trinajstić information content (AvgIpc) is 2.38. The Labute approximate surface area is 79.3 Å². The van der Waals surface area contributed by atoms with Crippen LogP contribution in [0, 0.1) is 16.7 Å². The molecule has 0 radical (unpaired) electrons. The number of ketones is 1. The molecule has 2 heteroatoms. The highest BCUT2D eigenvalue weighted by atomic mass is 16.3. The molecule has 13 heavy (non-hydrogen) atoms. The summed E-state index contributed by atoms with van der Waals surface area (Å²) in [5, 5.41) is 9.04. The number of aliphatic hydroxyl groups excluding tert-OH is 1. The van der Waals surface area contributed by atoms with Crippen molar-refractivity contribution in [1.29, 1.82) is 0 Å². The van der Waals surface area contributed by atoms with E-state index in [1.165, 1.54) is 6.42 Å². The highest BCUT2D eigenvalue weighted by molar-refractivity contribution is 5.89. The maximum Gasteiger partial charge on any atom is 0.139 e. The van der Waals surface area contributed by atoms with E-state index in [9.17, 15) is 4.79 Å². The van der Waals surface area contributed by atoms with E-state index in [0.29, 0.717) is 18.1 Å². The van der Waals surface area contributed by atoms with Gasteiger partial charge in [-0.15, -0.1) is 0 Å². The SMILES string of the molecule is CC1(C)C2CCC1(CCO)C(=O)C2. The van der Waals surface area contributed by atoms with Crippen molar-refractivity contribution in [3.63, 3.8) is 0 Å². The van der Waals surface area contributed by atoms with Crippen LogP contribution in [0.25, 0.3) is 0 Å². The maximum absolute atomic E-state index is 11.9. The maximum atomic E-state index is 11.9. The molecule has 2 aliphatic carbocycles. The number of rotatable bonds is 2. The van der Waals surface area contributed by atoms with Gasteiger partial charge in [-0.1, -0.05) is 13.8 Å². The summed E-state index contributed by atoms with van der Waals surface area (Å²) in [6, 6.07) is 0. The Morgan fingerprint density at radius 3 is 2.62 bits per heavy atom. The number of aliphatic hydroxyl groups is 1. The van der Waals surface area contributed by atoms with Gasteiger partial charge >= 0.3 is 0 Å². The summed E-state index contributed by atoms with van der Waals surface area (Å²) in [5.41, 5.74) is -0.0424. The van der Waals surface area contributed by atoms with Crippen molar-refractivity contribution in [2.45, 2.75) is 39.5 Å². The summed E-state index contributed by atoms with van der Waals surface area (Å²) in [5.74, 6) is 0.981. The number of carbonyl (C=O) groups excluding carboxylic acids is 1. The minimum absolute atomic E-state index is 0.132. The number of Topliss-reactive ketones (excluding diaryl/α,β-unsaturated/α-hetero) is 1. The Bertz CT molecular complexity index is 244. The normalized spacial score (nSPS) is 41.5. The number of hydrogen-bond acceptors (Lipinski definition) is 2. The molecule has 0 aromatic carbocycles. The van der Waals surface area contributed by atoms with Crippen molar-refractivity contribution < 1.29 is 9.90 Å². The third-order valence-electron chi connectivity index (χ3n) is 4.68. The van der Waals surface area contributed by atoms with Crippen molar-refractivity contribution in [2.75, 3.05) is 6.61 Å². The van der Waals surface area contributed by atoms with Crippen LogP contribution in [0.15, 0.2) is 0 Å². The first kappa shape index (κ1) is 9.20. The summed E-state index contributed by atoms with van der Waals surface area (Å²) in [6.45, 7) is 4.55. The minimum Gasteiger partial charge on any atom is -0.396 e. The first-order valence-electron chi connectivity index (χ1n) is 5.19. The lowest BCUT2D eigenvalue weighted by molar-refractivity contribution is -0.130. The molecule has 2 atom stereocenters. The van der Waals surface area contributed by atoms with Gasteiger partial charge < -0.3 is 5.11 Å². The minimum atomic E-state index is -0.174. The third kappa shape index (κ3) is 0.899. The van der Waals surface area contributed by atoms with Gasteiger partial charge in [0.2, 0.25) is 0 Å². The lowest BCUT2D eigenvalue weighted by Gasteiger charge is -2.36. The molecule has 0 heterocycles. The Balaban J connectivity index is 2.37. The van der Waals surface area contributed by atoms with Crippen LogP contribution in [0.3, 0.4) is 0 Å². The van der Waals surface area contributed by atoms with Crippen molar-refractivity contribution in [1.82, 2.24) is 0 Å². The summed E-state index contributed by atoms with van der Waals surface area (Å²) < 4.78 is 0. The van der Waals surface area contributed by atoms with Crippen LogP contribution in [-0.2, 0) is 4.79 Å². The van der Waals surface area contributed by atoms with E-state index < -0.39 is 0 Å². The van der Waals surface area contributed by atoms with E-state index in [4.69, 9.17) is 5.11 Å². The summed E-state index contributed by atoms with van der Waals surface area (Å²) in [7, 11) is 0. The fourth-order valence-electron chi connectivity index (χ4n) is 3.55. The van der Waals surface area contributed by atoms with E-state index in [-0.39, 0.29) is 17.4 Å². The van der Waals surface area contributed by atoms with Crippen molar-refractivity contribution >= 4 is 5.78 Å². The highest BCUT2D eigenvalue weighted by Gasteiger charge is 2.63. The standard InChI is InChI=1S/C11H18O2/c1-10(2)8-3-4-11(10,5-6-12)9(13)7-8/h8,12H,3-7H2,1-2H3. The predicted octanol–water partition coefficient (Wildman–Crippen LogP) is 1.76. The summed E-state index contributed by atoms with van der Waals surface area (Å²) in [4.78, 5) is 11.9. The lowest BCUT2D eigenvalue weighted by atomic mass is 9.67. The molecule has 0 amide bonds. The molecule has 0 aliphatic heterocycles. The Kier molecular flexibility index (Phi) is 1.82. The summed E-state index contributed by atoms with van der Waals surface area (Å²) >= 11 is 0. The molecular weight excluding hydrogens is 164 g/mol. The van der Waals surface area contributed by atoms with Crippen LogP contribution in [0.5, 0.6) is 0 Å². The largest absolute Gasteiger partial charge is 0.396 e. The van der Waals surface area contributed by atoms with Crippen LogP contribution < -0.4 is 0 Å². The average molecular weight is 182 g/mol. The van der Waals surface area contributed by atoms with Crippen LogP contribution >= 0.6 is 0 Å². The van der Waals surface area contributed by atoms with Gasteiger partial charge in [0.15, 0.2) is 0 Å². The molecule has 2 saturated carbocycles. The van der Waals surface area contributed by atoms with Crippen molar-refractivity contribution in [3.8, 4) is 0 Å². The fourth-order valence-corrected chi connectivity index (χ4v) is 3.55. The molecular formula is C11H18O2. The third-order valence-corrected chi connectivity index (χ3v) is 4.68. The quantitative estimate of drug-likeness (QED) is 0.706. The van der Waals surface area contributed by atoms with Gasteiger partial charge in [-0.3, -0.25) is 4.79 Å². The van der Waals surface area contributed by atoms with E-state index in [1.54, 1.807) is 0 Å². The second kappa shape index (κ2) is 2.57. The topological polar surface area (TPSA) is 37.3 Å². The first-order chi connectivity index (χ1) is 6.04. The number of carbonyl (C=O) groups is 1. The molecule has 2 unspecified atom stereocenters. The van der Waals surface area contributed by atoms with Crippen LogP contribution in [0.1, 0.15) is 39.5 Å². The monoisotopic (exact) mass is 182 g/mol. The zero-order valence-electron chi connectivity index (χ0n) is 8.47. The van der Waals surface area contributed by atoms with E-state index in [0.717, 1.165) is 12.8 Å².